The Morgan fingerprint density at radius 2 is 2.12 bits per heavy atom. The highest BCUT2D eigenvalue weighted by Crippen LogP contribution is 2.38. The Labute approximate surface area is 197 Å². The lowest BCUT2D eigenvalue weighted by Gasteiger charge is -2.29. The van der Waals surface area contributed by atoms with Gasteiger partial charge in [-0.1, -0.05) is 31.2 Å². The van der Waals surface area contributed by atoms with E-state index in [-0.39, 0.29) is 11.5 Å². The van der Waals surface area contributed by atoms with Crippen LogP contribution in [-0.2, 0) is 22.6 Å². The zero-order valence-electron chi connectivity index (χ0n) is 19.4. The zero-order valence-corrected chi connectivity index (χ0v) is 19.4. The van der Waals surface area contributed by atoms with Gasteiger partial charge in [0.1, 0.15) is 31.0 Å². The van der Waals surface area contributed by atoms with Gasteiger partial charge >= 0.3 is 0 Å². The molecule has 1 aliphatic carbocycles. The summed E-state index contributed by atoms with van der Waals surface area (Å²) in [6.07, 6.45) is 11.4. The molecule has 0 saturated carbocycles. The second-order valence-corrected chi connectivity index (χ2v) is 9.01. The van der Waals surface area contributed by atoms with Gasteiger partial charge in [0.2, 0.25) is 5.90 Å². The van der Waals surface area contributed by atoms with Crippen molar-refractivity contribution >= 4 is 5.90 Å². The summed E-state index contributed by atoms with van der Waals surface area (Å²) in [5, 5.41) is 8.88. The van der Waals surface area contributed by atoms with E-state index in [1.165, 1.54) is 0 Å². The number of hydrogen-bond acceptors (Lipinski definition) is 7. The highest BCUT2D eigenvalue weighted by molar-refractivity contribution is 5.95. The maximum absolute atomic E-state index is 6.14. The summed E-state index contributed by atoms with van der Waals surface area (Å²) in [5.41, 5.74) is 3.51. The summed E-state index contributed by atoms with van der Waals surface area (Å²) in [6.45, 7) is 3.63. The molecule has 3 aliphatic rings. The predicted molar refractivity (Wildman–Crippen MR) is 126 cm³/mol. The minimum Gasteiger partial charge on any atom is -0.497 e. The van der Waals surface area contributed by atoms with E-state index in [9.17, 15) is 0 Å². The lowest BCUT2D eigenvalue weighted by molar-refractivity contribution is 0.174. The first-order valence-corrected chi connectivity index (χ1v) is 11.3. The minimum absolute atomic E-state index is 0.0397. The fourth-order valence-corrected chi connectivity index (χ4v) is 4.86. The minimum atomic E-state index is -0.0661. The van der Waals surface area contributed by atoms with Crippen LogP contribution in [0.3, 0.4) is 0 Å². The molecule has 4 heterocycles. The number of aliphatic imine (C=N–C) groups is 1. The van der Waals surface area contributed by atoms with Crippen LogP contribution in [0.25, 0.3) is 17.1 Å². The van der Waals surface area contributed by atoms with Crippen LogP contribution in [0, 0.1) is 5.41 Å². The van der Waals surface area contributed by atoms with Gasteiger partial charge in [-0.15, -0.1) is 10.2 Å². The normalized spacial score (nSPS) is 22.4. The van der Waals surface area contributed by atoms with Crippen LogP contribution in [-0.4, -0.2) is 57.1 Å². The smallest absolute Gasteiger partial charge is 0.237 e. The number of allylic oxidation sites excluding steroid dienone is 3. The Hall–Kier alpha value is -3.72. The van der Waals surface area contributed by atoms with E-state index in [0.29, 0.717) is 25.7 Å². The van der Waals surface area contributed by atoms with Crippen molar-refractivity contribution in [2.24, 2.45) is 10.4 Å². The molecule has 174 valence electrons. The molecule has 0 fully saturated rings. The average Bonchev–Trinajstić information content (AvgIpc) is 3.58. The largest absolute Gasteiger partial charge is 0.497 e. The fraction of sp³-hybridized carbons (Fsp3) is 0.360. The van der Waals surface area contributed by atoms with E-state index in [2.05, 4.69) is 50.6 Å². The summed E-state index contributed by atoms with van der Waals surface area (Å²) in [5.74, 6) is 2.84. The van der Waals surface area contributed by atoms with Crippen molar-refractivity contribution in [1.29, 1.82) is 0 Å². The maximum Gasteiger partial charge on any atom is 0.237 e. The molecule has 0 bridgehead atoms. The summed E-state index contributed by atoms with van der Waals surface area (Å²) >= 11 is 0. The van der Waals surface area contributed by atoms with Gasteiger partial charge < -0.3 is 18.8 Å². The molecule has 1 aromatic carbocycles. The fourth-order valence-electron chi connectivity index (χ4n) is 4.86. The standard InChI is InChI=1S/C25H26N6O3/c1-25(9-5-4-6-10-25)20-13-34-24(27-20)22-19-12-30-21(14-32-2)28-29-23(30)17-11-16(33-3)7-8-18(17)31(19)15-26-22/h4-9,11,15,20H,10,12-14H2,1-3H3/t20-,25?/m1/s1. The van der Waals surface area contributed by atoms with Crippen molar-refractivity contribution in [2.75, 3.05) is 20.8 Å². The highest BCUT2D eigenvalue weighted by Gasteiger charge is 2.38. The Kier molecular flexibility index (Phi) is 4.88. The molecule has 3 aromatic rings. The zero-order chi connectivity index (χ0) is 23.3. The van der Waals surface area contributed by atoms with Crippen molar-refractivity contribution in [3.8, 4) is 22.8 Å². The molecule has 6 rings (SSSR count). The molecule has 0 spiro atoms. The number of hydrogen-bond donors (Lipinski definition) is 0. The summed E-state index contributed by atoms with van der Waals surface area (Å²) in [7, 11) is 3.31. The first-order valence-electron chi connectivity index (χ1n) is 11.3. The van der Waals surface area contributed by atoms with Crippen molar-refractivity contribution in [1.82, 2.24) is 24.3 Å². The lowest BCUT2D eigenvalue weighted by Crippen LogP contribution is -2.30. The summed E-state index contributed by atoms with van der Waals surface area (Å²) < 4.78 is 21.2. The van der Waals surface area contributed by atoms with Crippen molar-refractivity contribution in [2.45, 2.75) is 32.5 Å². The molecule has 0 radical (unpaired) electrons. The van der Waals surface area contributed by atoms with Crippen molar-refractivity contribution < 1.29 is 14.2 Å². The van der Waals surface area contributed by atoms with E-state index < -0.39 is 0 Å². The first kappa shape index (κ1) is 20.9. The van der Waals surface area contributed by atoms with Gasteiger partial charge in [-0.3, -0.25) is 4.57 Å². The van der Waals surface area contributed by atoms with Crippen LogP contribution in [0.2, 0.25) is 0 Å². The third-order valence-electron chi connectivity index (χ3n) is 6.88. The quantitative estimate of drug-likeness (QED) is 0.456. The Morgan fingerprint density at radius 3 is 2.91 bits per heavy atom. The summed E-state index contributed by atoms with van der Waals surface area (Å²) in [4.78, 5) is 9.76. The van der Waals surface area contributed by atoms with Crippen LogP contribution in [0.5, 0.6) is 5.75 Å². The molecule has 0 amide bonds. The Balaban J connectivity index is 1.47. The van der Waals surface area contributed by atoms with E-state index >= 15 is 0 Å². The summed E-state index contributed by atoms with van der Waals surface area (Å²) in [6, 6.07) is 5.97. The number of benzene rings is 1. The molecule has 1 unspecified atom stereocenters. The number of ether oxygens (including phenoxy) is 3. The monoisotopic (exact) mass is 458 g/mol. The highest BCUT2D eigenvalue weighted by atomic mass is 16.5. The number of imidazole rings is 1. The number of nitrogens with zero attached hydrogens (tertiary/aromatic N) is 6. The number of aromatic nitrogens is 5. The van der Waals surface area contributed by atoms with Crippen LogP contribution in [0.4, 0.5) is 0 Å². The van der Waals surface area contributed by atoms with E-state index in [4.69, 9.17) is 24.2 Å². The van der Waals surface area contributed by atoms with Crippen LogP contribution >= 0.6 is 0 Å². The second-order valence-electron chi connectivity index (χ2n) is 9.01. The molecule has 2 atom stereocenters. The number of rotatable bonds is 5. The molecule has 2 aliphatic heterocycles. The Morgan fingerprint density at radius 1 is 1.21 bits per heavy atom. The van der Waals surface area contributed by atoms with Crippen molar-refractivity contribution in [3.05, 3.63) is 66.0 Å². The molecule has 0 N–H and O–H groups in total. The molecule has 9 heteroatoms. The third-order valence-corrected chi connectivity index (χ3v) is 6.88. The number of fused-ring (bicyclic) bond motifs is 5. The van der Waals surface area contributed by atoms with Crippen LogP contribution < -0.4 is 4.74 Å². The molecular formula is C25H26N6O3. The van der Waals surface area contributed by atoms with Gasteiger partial charge in [-0.25, -0.2) is 9.98 Å². The average molecular weight is 459 g/mol. The van der Waals surface area contributed by atoms with E-state index in [1.54, 1.807) is 14.2 Å². The molecule has 2 aromatic heterocycles. The topological polar surface area (TPSA) is 88.6 Å². The van der Waals surface area contributed by atoms with Gasteiger partial charge in [0, 0.05) is 18.1 Å². The van der Waals surface area contributed by atoms with E-state index in [0.717, 1.165) is 46.5 Å². The first-order chi connectivity index (χ1) is 16.6. The van der Waals surface area contributed by atoms with E-state index in [1.807, 2.05) is 24.5 Å². The molecule has 34 heavy (non-hydrogen) atoms. The predicted octanol–water partition coefficient (Wildman–Crippen LogP) is 3.32. The lowest BCUT2D eigenvalue weighted by atomic mass is 9.77. The Bertz CT molecular complexity index is 1350. The SMILES string of the molecule is COCc1nnc2n1Cc1c(C3=N[C@@H](C4(C)C=CC=CC4)CO3)ncn1-c1ccc(OC)cc1-2. The molecule has 0 saturated heterocycles. The van der Waals surface area contributed by atoms with Crippen LogP contribution in [0.1, 0.15) is 30.6 Å². The molecule has 9 nitrogen and oxygen atoms in total. The van der Waals surface area contributed by atoms with Gasteiger partial charge in [-0.05, 0) is 24.6 Å². The van der Waals surface area contributed by atoms with Crippen molar-refractivity contribution in [3.63, 3.8) is 0 Å². The second kappa shape index (κ2) is 7.95. The van der Waals surface area contributed by atoms with Gasteiger partial charge in [0.05, 0.1) is 31.1 Å². The molecular weight excluding hydrogens is 432 g/mol. The van der Waals surface area contributed by atoms with Gasteiger partial charge in [-0.2, -0.15) is 0 Å². The van der Waals surface area contributed by atoms with Gasteiger partial charge in [0.25, 0.3) is 0 Å². The van der Waals surface area contributed by atoms with Gasteiger partial charge in [0.15, 0.2) is 11.6 Å². The third kappa shape index (κ3) is 3.19. The maximum atomic E-state index is 6.14. The van der Waals surface area contributed by atoms with Crippen LogP contribution in [0.15, 0.2) is 53.8 Å². The number of methoxy groups -OCH3 is 2.